The van der Waals surface area contributed by atoms with E-state index in [9.17, 15) is 18.1 Å². The van der Waals surface area contributed by atoms with Crippen LogP contribution in [0.15, 0.2) is 45.8 Å². The maximum absolute atomic E-state index is 13.8. The Morgan fingerprint density at radius 1 is 1.15 bits per heavy atom. The lowest BCUT2D eigenvalue weighted by Crippen LogP contribution is -2.49. The van der Waals surface area contributed by atoms with Gasteiger partial charge in [0.05, 0.1) is 10.7 Å². The van der Waals surface area contributed by atoms with Crippen LogP contribution < -0.4 is 4.90 Å². The predicted octanol–water partition coefficient (Wildman–Crippen LogP) is 3.62. The van der Waals surface area contributed by atoms with Crippen LogP contribution in [0.4, 0.5) is 10.1 Å². The molecule has 0 spiro atoms. The first-order valence-corrected chi connectivity index (χ1v) is 10.3. The number of piperazine rings is 1. The van der Waals surface area contributed by atoms with E-state index in [1.165, 1.54) is 28.6 Å². The minimum Gasteiger partial charge on any atom is -0.368 e. The van der Waals surface area contributed by atoms with Gasteiger partial charge in [-0.2, -0.15) is 9.57 Å². The number of anilines is 1. The summed E-state index contributed by atoms with van der Waals surface area (Å²) >= 11 is 9.35. The Hall–Kier alpha value is -1.66. The third-order valence-corrected chi connectivity index (χ3v) is 7.07. The third-order valence-electron chi connectivity index (χ3n) is 4.19. The monoisotopic (exact) mass is 457 g/mol. The molecule has 0 saturated carbocycles. The number of rotatable bonds is 3. The second kappa shape index (κ2) is 7.53. The molecule has 0 atom stereocenters. The Kier molecular flexibility index (Phi) is 5.53. The van der Waals surface area contributed by atoms with Gasteiger partial charge >= 0.3 is 0 Å². The SMILES string of the molecule is N#Cc1c(F)cccc1N1CCN(S(=O)(=O)c2ccc(Br)cc2Cl)CC1. The minimum atomic E-state index is -3.72. The fraction of sp³-hybridized carbons (Fsp3) is 0.235. The van der Waals surface area contributed by atoms with Crippen molar-refractivity contribution in [3.05, 3.63) is 57.3 Å². The smallest absolute Gasteiger partial charge is 0.244 e. The van der Waals surface area contributed by atoms with Gasteiger partial charge in [0.2, 0.25) is 10.0 Å². The van der Waals surface area contributed by atoms with Crippen molar-refractivity contribution in [2.45, 2.75) is 4.90 Å². The van der Waals surface area contributed by atoms with Crippen LogP contribution in [0.2, 0.25) is 5.02 Å². The number of nitriles is 1. The van der Waals surface area contributed by atoms with Crippen LogP contribution in [-0.2, 0) is 10.0 Å². The summed E-state index contributed by atoms with van der Waals surface area (Å²) in [7, 11) is -3.72. The van der Waals surface area contributed by atoms with Crippen LogP contribution in [-0.4, -0.2) is 38.9 Å². The van der Waals surface area contributed by atoms with Gasteiger partial charge in [-0.3, -0.25) is 0 Å². The highest BCUT2D eigenvalue weighted by Crippen LogP contribution is 2.29. The molecule has 0 aromatic heterocycles. The van der Waals surface area contributed by atoms with Crippen molar-refractivity contribution in [1.82, 2.24) is 4.31 Å². The number of sulfonamides is 1. The molecular formula is C17H14BrClFN3O2S. The first-order chi connectivity index (χ1) is 12.3. The third kappa shape index (κ3) is 3.58. The van der Waals surface area contributed by atoms with E-state index in [0.717, 1.165) is 0 Å². The summed E-state index contributed by atoms with van der Waals surface area (Å²) < 4.78 is 41.5. The molecule has 2 aromatic rings. The Morgan fingerprint density at radius 3 is 2.46 bits per heavy atom. The molecule has 1 fully saturated rings. The summed E-state index contributed by atoms with van der Waals surface area (Å²) in [4.78, 5) is 1.87. The number of nitrogens with zero attached hydrogens (tertiary/aromatic N) is 3. The second-order valence-corrected chi connectivity index (χ2v) is 8.94. The van der Waals surface area contributed by atoms with Crippen molar-refractivity contribution < 1.29 is 12.8 Å². The highest BCUT2D eigenvalue weighted by molar-refractivity contribution is 9.10. The van der Waals surface area contributed by atoms with Gasteiger partial charge in [-0.05, 0) is 30.3 Å². The van der Waals surface area contributed by atoms with Crippen molar-refractivity contribution in [3.63, 3.8) is 0 Å². The first-order valence-electron chi connectivity index (χ1n) is 7.73. The Labute approximate surface area is 164 Å². The highest BCUT2D eigenvalue weighted by atomic mass is 79.9. The predicted molar refractivity (Wildman–Crippen MR) is 101 cm³/mol. The van der Waals surface area contributed by atoms with E-state index in [0.29, 0.717) is 23.2 Å². The zero-order valence-electron chi connectivity index (χ0n) is 13.5. The van der Waals surface area contributed by atoms with Crippen LogP contribution in [0, 0.1) is 17.1 Å². The molecule has 136 valence electrons. The van der Waals surface area contributed by atoms with Crippen LogP contribution in [0.25, 0.3) is 0 Å². The fourth-order valence-electron chi connectivity index (χ4n) is 2.88. The van der Waals surface area contributed by atoms with Crippen LogP contribution in [0.3, 0.4) is 0 Å². The number of benzene rings is 2. The molecule has 0 bridgehead atoms. The molecule has 1 aliphatic heterocycles. The second-order valence-electron chi connectivity index (χ2n) is 5.71. The Bertz CT molecular complexity index is 986. The molecule has 0 amide bonds. The van der Waals surface area contributed by atoms with Gasteiger partial charge in [0.25, 0.3) is 0 Å². The van der Waals surface area contributed by atoms with Crippen molar-refractivity contribution in [3.8, 4) is 6.07 Å². The molecule has 1 saturated heterocycles. The summed E-state index contributed by atoms with van der Waals surface area (Å²) in [5, 5.41) is 9.32. The molecule has 26 heavy (non-hydrogen) atoms. The Morgan fingerprint density at radius 2 is 1.85 bits per heavy atom. The maximum Gasteiger partial charge on any atom is 0.244 e. The van der Waals surface area contributed by atoms with Gasteiger partial charge in [0, 0.05) is 30.7 Å². The summed E-state index contributed by atoms with van der Waals surface area (Å²) in [6.45, 7) is 1.14. The molecule has 0 unspecified atom stereocenters. The van der Waals surface area contributed by atoms with Crippen molar-refractivity contribution in [2.75, 3.05) is 31.1 Å². The van der Waals surface area contributed by atoms with Crippen molar-refractivity contribution in [1.29, 1.82) is 5.26 Å². The molecule has 0 N–H and O–H groups in total. The van der Waals surface area contributed by atoms with Gasteiger partial charge in [0.1, 0.15) is 22.3 Å². The Balaban J connectivity index is 1.81. The summed E-state index contributed by atoms with van der Waals surface area (Å²) in [6, 6.07) is 10.9. The van der Waals surface area contributed by atoms with E-state index < -0.39 is 15.8 Å². The topological polar surface area (TPSA) is 64.4 Å². The van der Waals surface area contributed by atoms with Gasteiger partial charge in [0.15, 0.2) is 0 Å². The van der Waals surface area contributed by atoms with E-state index in [2.05, 4.69) is 15.9 Å². The quantitative estimate of drug-likeness (QED) is 0.705. The van der Waals surface area contributed by atoms with Crippen LogP contribution in [0.5, 0.6) is 0 Å². The maximum atomic E-state index is 13.8. The molecule has 0 radical (unpaired) electrons. The average molecular weight is 459 g/mol. The van der Waals surface area contributed by atoms with E-state index in [1.54, 1.807) is 12.1 Å². The molecule has 0 aliphatic carbocycles. The molecule has 1 aliphatic rings. The first kappa shape index (κ1) is 19.1. The van der Waals surface area contributed by atoms with Crippen molar-refractivity contribution in [2.24, 2.45) is 0 Å². The zero-order valence-corrected chi connectivity index (χ0v) is 16.7. The molecule has 1 heterocycles. The molecule has 2 aromatic carbocycles. The normalized spacial score (nSPS) is 15.7. The van der Waals surface area contributed by atoms with E-state index >= 15 is 0 Å². The summed E-state index contributed by atoms with van der Waals surface area (Å²) in [6.07, 6.45) is 0. The minimum absolute atomic E-state index is 0.0280. The lowest BCUT2D eigenvalue weighted by molar-refractivity contribution is 0.384. The van der Waals surface area contributed by atoms with Gasteiger partial charge in [-0.15, -0.1) is 0 Å². The lowest BCUT2D eigenvalue weighted by Gasteiger charge is -2.35. The molecular weight excluding hydrogens is 445 g/mol. The summed E-state index contributed by atoms with van der Waals surface area (Å²) in [5.41, 5.74) is 0.450. The highest BCUT2D eigenvalue weighted by Gasteiger charge is 2.31. The zero-order chi connectivity index (χ0) is 18.9. The van der Waals surface area contributed by atoms with E-state index in [1.807, 2.05) is 11.0 Å². The summed E-state index contributed by atoms with van der Waals surface area (Å²) in [5.74, 6) is -0.582. The fourth-order valence-corrected chi connectivity index (χ4v) is 5.31. The van der Waals surface area contributed by atoms with E-state index in [4.69, 9.17) is 11.6 Å². The van der Waals surface area contributed by atoms with Crippen LogP contribution >= 0.6 is 27.5 Å². The number of hydrogen-bond donors (Lipinski definition) is 0. The van der Waals surface area contributed by atoms with Gasteiger partial charge < -0.3 is 4.90 Å². The number of halogens is 3. The lowest BCUT2D eigenvalue weighted by atomic mass is 10.1. The average Bonchev–Trinajstić information content (AvgIpc) is 2.61. The standard InChI is InChI=1S/C17H14BrClFN3O2S/c18-12-4-5-17(14(19)10-12)26(24,25)23-8-6-22(7-9-23)16-3-1-2-15(20)13(16)11-21/h1-5,10H,6-9H2. The number of hydrogen-bond acceptors (Lipinski definition) is 4. The van der Waals surface area contributed by atoms with Crippen LogP contribution in [0.1, 0.15) is 5.56 Å². The largest absolute Gasteiger partial charge is 0.368 e. The molecule has 9 heteroatoms. The van der Waals surface area contributed by atoms with E-state index in [-0.39, 0.29) is 28.6 Å². The van der Waals surface area contributed by atoms with Gasteiger partial charge in [-0.25, -0.2) is 12.8 Å². The van der Waals surface area contributed by atoms with Gasteiger partial charge in [-0.1, -0.05) is 33.6 Å². The molecule has 3 rings (SSSR count). The molecule has 5 nitrogen and oxygen atoms in total. The van der Waals surface area contributed by atoms with Crippen molar-refractivity contribution >= 4 is 43.2 Å².